The molecule has 0 unspecified atom stereocenters. The molecule has 1 amide bonds. The number of aromatic amines is 1. The minimum Gasteiger partial charge on any atom is -0.495 e. The Labute approximate surface area is 236 Å². The number of carbonyl (C=O) groups is 1. The number of amides is 1. The Morgan fingerprint density at radius 2 is 1.90 bits per heavy atom. The fourth-order valence-electron chi connectivity index (χ4n) is 5.30. The largest absolute Gasteiger partial charge is 0.495 e. The summed E-state index contributed by atoms with van der Waals surface area (Å²) in [7, 11) is 2.99. The van der Waals surface area contributed by atoms with Gasteiger partial charge >= 0.3 is 0 Å². The molecule has 1 saturated heterocycles. The zero-order chi connectivity index (χ0) is 27.7. The Morgan fingerprint density at radius 3 is 2.54 bits per heavy atom. The van der Waals surface area contributed by atoms with E-state index in [4.69, 9.17) is 37.4 Å². The number of carbonyl (C=O) groups excluding carboxylic acids is 1. The van der Waals surface area contributed by atoms with E-state index in [9.17, 15) is 9.90 Å². The lowest BCUT2D eigenvalue weighted by molar-refractivity contribution is -0.111. The summed E-state index contributed by atoms with van der Waals surface area (Å²) in [6.07, 6.45) is 2.25. The first-order valence-corrected chi connectivity index (χ1v) is 13.3. The van der Waals surface area contributed by atoms with Gasteiger partial charge in [-0.1, -0.05) is 29.8 Å². The zero-order valence-corrected chi connectivity index (χ0v) is 23.3. The van der Waals surface area contributed by atoms with Gasteiger partial charge in [0.05, 0.1) is 54.5 Å². The van der Waals surface area contributed by atoms with Gasteiger partial charge in [0.2, 0.25) is 5.91 Å². The number of hydrogen-bond acceptors (Lipinski definition) is 7. The molecule has 11 heteroatoms. The third-order valence-corrected chi connectivity index (χ3v) is 8.08. The van der Waals surface area contributed by atoms with Crippen LogP contribution in [-0.4, -0.2) is 61.7 Å². The molecule has 1 fully saturated rings. The molecule has 9 nitrogen and oxygen atoms in total. The molecule has 5 rings (SSSR count). The average molecular weight is 573 g/mol. The van der Waals surface area contributed by atoms with Crippen LogP contribution in [0.4, 0.5) is 11.4 Å². The number of aliphatic hydroxyl groups is 1. The lowest BCUT2D eigenvalue weighted by atomic mass is 9.77. The molecule has 3 aromatic rings. The van der Waals surface area contributed by atoms with Gasteiger partial charge in [-0.15, -0.1) is 0 Å². The maximum atomic E-state index is 12.2. The van der Waals surface area contributed by atoms with E-state index in [0.717, 1.165) is 35.6 Å². The Kier molecular flexibility index (Phi) is 7.77. The van der Waals surface area contributed by atoms with Crippen molar-refractivity contribution in [3.05, 3.63) is 63.8 Å². The van der Waals surface area contributed by atoms with E-state index in [-0.39, 0.29) is 22.4 Å². The summed E-state index contributed by atoms with van der Waals surface area (Å²) < 4.78 is 16.3. The molecule has 0 saturated carbocycles. The van der Waals surface area contributed by atoms with Gasteiger partial charge in [-0.3, -0.25) is 9.89 Å². The van der Waals surface area contributed by atoms with E-state index in [2.05, 4.69) is 27.0 Å². The number of hydrogen-bond donors (Lipinski definition) is 3. The van der Waals surface area contributed by atoms with Gasteiger partial charge in [0.25, 0.3) is 0 Å². The summed E-state index contributed by atoms with van der Waals surface area (Å²) in [5, 5.41) is 23.0. The molecule has 0 spiro atoms. The predicted octanol–water partition coefficient (Wildman–Crippen LogP) is 4.74. The highest BCUT2D eigenvalue weighted by atomic mass is 35.5. The quantitative estimate of drug-likeness (QED) is 0.351. The first-order valence-electron chi connectivity index (χ1n) is 12.6. The van der Waals surface area contributed by atoms with Crippen LogP contribution in [0.25, 0.3) is 11.3 Å². The number of nitrogens with zero attached hydrogens (tertiary/aromatic N) is 2. The van der Waals surface area contributed by atoms with E-state index < -0.39 is 5.60 Å². The van der Waals surface area contributed by atoms with Crippen molar-refractivity contribution in [2.45, 2.75) is 24.9 Å². The van der Waals surface area contributed by atoms with Crippen molar-refractivity contribution >= 4 is 40.5 Å². The maximum Gasteiger partial charge on any atom is 0.247 e. The number of benzene rings is 2. The van der Waals surface area contributed by atoms with E-state index >= 15 is 0 Å². The van der Waals surface area contributed by atoms with Gasteiger partial charge in [0.15, 0.2) is 0 Å². The summed E-state index contributed by atoms with van der Waals surface area (Å²) in [6, 6.07) is 7.48. The number of fused-ring (bicyclic) bond motifs is 1. The maximum absolute atomic E-state index is 12.2. The molecule has 2 heterocycles. The number of nitrogens with one attached hydrogen (secondary N) is 2. The molecule has 1 aliphatic carbocycles. The van der Waals surface area contributed by atoms with Gasteiger partial charge in [0.1, 0.15) is 11.5 Å². The number of methoxy groups -OCH3 is 2. The molecule has 1 aromatic heterocycles. The van der Waals surface area contributed by atoms with Crippen molar-refractivity contribution in [2.75, 3.05) is 50.7 Å². The second-order valence-electron chi connectivity index (χ2n) is 9.54. The molecule has 206 valence electrons. The van der Waals surface area contributed by atoms with Crippen LogP contribution in [-0.2, 0) is 28.0 Å². The molecule has 1 aliphatic heterocycles. The summed E-state index contributed by atoms with van der Waals surface area (Å²) in [4.78, 5) is 14.5. The molecule has 0 bridgehead atoms. The van der Waals surface area contributed by atoms with Crippen molar-refractivity contribution in [1.82, 2.24) is 10.2 Å². The van der Waals surface area contributed by atoms with E-state index in [0.29, 0.717) is 54.5 Å². The van der Waals surface area contributed by atoms with Crippen LogP contribution in [0.15, 0.2) is 36.9 Å². The fourth-order valence-corrected chi connectivity index (χ4v) is 6.15. The van der Waals surface area contributed by atoms with Gasteiger partial charge in [-0.25, -0.2) is 0 Å². The number of rotatable bonds is 7. The van der Waals surface area contributed by atoms with E-state index in [1.165, 1.54) is 20.3 Å². The Balaban J connectivity index is 1.55. The number of H-pyrrole nitrogens is 1. The number of halogens is 2. The van der Waals surface area contributed by atoms with Crippen molar-refractivity contribution in [2.24, 2.45) is 0 Å². The highest BCUT2D eigenvalue weighted by Gasteiger charge is 2.41. The van der Waals surface area contributed by atoms with Crippen LogP contribution in [0, 0.1) is 0 Å². The molecule has 3 N–H and O–H groups in total. The standard InChI is InChI=1S/C28H30Cl2N4O5/c1-4-23(35)31-19-6-5-16(34-9-11-39-12-10-34)13-18(19)27-17-7-8-28(36,15-20(17)32-33-27)24-25(29)21(37-2)14-22(38-3)26(24)30/h4-6,13-14,36H,1,7-12,15H2,2-3H3,(H,31,35)(H,32,33)/t28-/m0/s1. The topological polar surface area (TPSA) is 109 Å². The Hall–Kier alpha value is -3.24. The molecule has 0 radical (unpaired) electrons. The van der Waals surface area contributed by atoms with E-state index in [1.54, 1.807) is 6.07 Å². The Morgan fingerprint density at radius 1 is 1.21 bits per heavy atom. The van der Waals surface area contributed by atoms with Crippen molar-refractivity contribution in [3.8, 4) is 22.8 Å². The van der Waals surface area contributed by atoms with Gasteiger partial charge in [-0.2, -0.15) is 5.10 Å². The molecular weight excluding hydrogens is 543 g/mol. The van der Waals surface area contributed by atoms with Crippen LogP contribution in [0.1, 0.15) is 23.2 Å². The number of morpholine rings is 1. The van der Waals surface area contributed by atoms with Crippen LogP contribution in [0.3, 0.4) is 0 Å². The predicted molar refractivity (Wildman–Crippen MR) is 151 cm³/mol. The Bertz CT molecular complexity index is 1390. The highest BCUT2D eigenvalue weighted by Crippen LogP contribution is 2.50. The normalized spacial score (nSPS) is 18.8. The van der Waals surface area contributed by atoms with E-state index in [1.807, 2.05) is 18.2 Å². The second-order valence-corrected chi connectivity index (χ2v) is 10.3. The second kappa shape index (κ2) is 11.1. The lowest BCUT2D eigenvalue weighted by Crippen LogP contribution is -2.36. The third-order valence-electron chi connectivity index (χ3n) is 7.33. The van der Waals surface area contributed by atoms with Gasteiger partial charge < -0.3 is 29.5 Å². The molecule has 2 aromatic carbocycles. The smallest absolute Gasteiger partial charge is 0.247 e. The molecular formula is C28H30Cl2N4O5. The molecule has 2 aliphatic rings. The summed E-state index contributed by atoms with van der Waals surface area (Å²) in [6.45, 7) is 6.42. The van der Waals surface area contributed by atoms with Crippen LogP contribution in [0.2, 0.25) is 10.0 Å². The van der Waals surface area contributed by atoms with Gasteiger partial charge in [-0.05, 0) is 37.1 Å². The number of anilines is 2. The minimum absolute atomic E-state index is 0.197. The lowest BCUT2D eigenvalue weighted by Gasteiger charge is -2.34. The summed E-state index contributed by atoms with van der Waals surface area (Å²) in [5.74, 6) is 0.408. The SMILES string of the molecule is C=CC(=O)Nc1ccc(N2CCOCC2)cc1-c1n[nH]c2c1CC[C@@](O)(c1c(Cl)c(OC)cc(OC)c1Cl)C2. The highest BCUT2D eigenvalue weighted by molar-refractivity contribution is 6.38. The molecule has 39 heavy (non-hydrogen) atoms. The van der Waals surface area contributed by atoms with Gasteiger partial charge in [0, 0.05) is 53.6 Å². The van der Waals surface area contributed by atoms with Crippen LogP contribution >= 0.6 is 23.2 Å². The first kappa shape index (κ1) is 27.3. The van der Waals surface area contributed by atoms with Crippen molar-refractivity contribution in [1.29, 1.82) is 0 Å². The van der Waals surface area contributed by atoms with Crippen molar-refractivity contribution < 1.29 is 24.1 Å². The average Bonchev–Trinajstić information content (AvgIpc) is 3.36. The minimum atomic E-state index is -1.39. The monoisotopic (exact) mass is 572 g/mol. The van der Waals surface area contributed by atoms with Crippen molar-refractivity contribution in [3.63, 3.8) is 0 Å². The first-order chi connectivity index (χ1) is 18.8. The number of aromatic nitrogens is 2. The summed E-state index contributed by atoms with van der Waals surface area (Å²) >= 11 is 13.3. The zero-order valence-electron chi connectivity index (χ0n) is 21.8. The van der Waals surface area contributed by atoms with Crippen LogP contribution < -0.4 is 19.7 Å². The fraction of sp³-hybridized carbons (Fsp3) is 0.357. The number of ether oxygens (including phenoxy) is 3. The summed E-state index contributed by atoms with van der Waals surface area (Å²) in [5.41, 5.74) is 3.80. The third kappa shape index (κ3) is 5.07. The molecule has 1 atom stereocenters. The van der Waals surface area contributed by atoms with Crippen LogP contribution in [0.5, 0.6) is 11.5 Å².